The molecule has 0 bridgehead atoms. The lowest BCUT2D eigenvalue weighted by Gasteiger charge is -2.37. The summed E-state index contributed by atoms with van der Waals surface area (Å²) in [5.74, 6) is 1.39. The van der Waals surface area contributed by atoms with Crippen molar-refractivity contribution >= 4 is 11.8 Å². The molecule has 2 amide bonds. The number of ether oxygens (including phenoxy) is 2. The molecular formula is C19H30N4O5. The Balaban J connectivity index is 1.41. The van der Waals surface area contributed by atoms with Crippen molar-refractivity contribution in [1.29, 1.82) is 0 Å². The van der Waals surface area contributed by atoms with Crippen molar-refractivity contribution in [2.45, 2.75) is 51.7 Å². The molecule has 0 saturated carbocycles. The van der Waals surface area contributed by atoms with E-state index in [4.69, 9.17) is 14.0 Å². The van der Waals surface area contributed by atoms with Gasteiger partial charge >= 0.3 is 0 Å². The highest BCUT2D eigenvalue weighted by atomic mass is 16.5. The van der Waals surface area contributed by atoms with Gasteiger partial charge in [-0.15, -0.1) is 0 Å². The van der Waals surface area contributed by atoms with Gasteiger partial charge in [-0.1, -0.05) is 5.16 Å². The number of piperidine rings is 2. The standard InChI is InChI=1S/C19H30N4O5/c1-14(24)22-9-5-15(6-10-22)19(25)23-8-3-4-16(12-23)27-11-7-17-20-18(13-26-2)28-21-17/h15-16H,3-13H2,1-2H3. The Bertz CT molecular complexity index is 657. The van der Waals surface area contributed by atoms with Gasteiger partial charge in [-0.05, 0) is 25.7 Å². The minimum atomic E-state index is 0.0212. The number of carbonyl (C=O) groups excluding carboxylic acids is 2. The summed E-state index contributed by atoms with van der Waals surface area (Å²) >= 11 is 0. The third-order valence-corrected chi connectivity index (χ3v) is 5.44. The van der Waals surface area contributed by atoms with Crippen molar-refractivity contribution in [3.8, 4) is 0 Å². The van der Waals surface area contributed by atoms with Crippen molar-refractivity contribution in [2.75, 3.05) is 39.9 Å². The molecule has 3 rings (SSSR count). The van der Waals surface area contributed by atoms with Crippen molar-refractivity contribution < 1.29 is 23.6 Å². The first-order valence-corrected chi connectivity index (χ1v) is 10.0. The summed E-state index contributed by atoms with van der Waals surface area (Å²) < 4.78 is 16.0. The Morgan fingerprint density at radius 2 is 1.96 bits per heavy atom. The molecule has 2 fully saturated rings. The number of likely N-dealkylation sites (tertiary alicyclic amines) is 2. The fourth-order valence-corrected chi connectivity index (χ4v) is 3.86. The third kappa shape index (κ3) is 5.51. The monoisotopic (exact) mass is 394 g/mol. The topological polar surface area (TPSA) is 98.0 Å². The molecule has 1 unspecified atom stereocenters. The van der Waals surface area contributed by atoms with Gasteiger partial charge in [0.05, 0.1) is 12.7 Å². The van der Waals surface area contributed by atoms with E-state index in [0.29, 0.717) is 51.0 Å². The Morgan fingerprint density at radius 3 is 2.68 bits per heavy atom. The average Bonchev–Trinajstić information content (AvgIpc) is 3.15. The Labute approximate surface area is 165 Å². The van der Waals surface area contributed by atoms with Crippen molar-refractivity contribution in [1.82, 2.24) is 19.9 Å². The molecule has 2 aliphatic rings. The van der Waals surface area contributed by atoms with E-state index < -0.39 is 0 Å². The van der Waals surface area contributed by atoms with Gasteiger partial charge in [-0.3, -0.25) is 9.59 Å². The molecule has 0 aromatic carbocycles. The van der Waals surface area contributed by atoms with Gasteiger partial charge in [0.25, 0.3) is 5.89 Å². The predicted molar refractivity (Wildman–Crippen MR) is 99.2 cm³/mol. The second-order valence-electron chi connectivity index (χ2n) is 7.49. The summed E-state index contributed by atoms with van der Waals surface area (Å²) in [6, 6.07) is 0. The molecular weight excluding hydrogens is 364 g/mol. The lowest BCUT2D eigenvalue weighted by molar-refractivity contribution is -0.143. The first-order chi connectivity index (χ1) is 13.6. The highest BCUT2D eigenvalue weighted by molar-refractivity contribution is 5.80. The van der Waals surface area contributed by atoms with E-state index in [1.165, 1.54) is 0 Å². The van der Waals surface area contributed by atoms with Crippen LogP contribution in [0.3, 0.4) is 0 Å². The molecule has 3 heterocycles. The highest BCUT2D eigenvalue weighted by Crippen LogP contribution is 2.23. The van der Waals surface area contributed by atoms with Crippen LogP contribution in [0.25, 0.3) is 0 Å². The molecule has 28 heavy (non-hydrogen) atoms. The van der Waals surface area contributed by atoms with E-state index in [1.807, 2.05) is 9.80 Å². The number of aromatic nitrogens is 2. The molecule has 9 nitrogen and oxygen atoms in total. The van der Waals surface area contributed by atoms with Crippen LogP contribution in [-0.4, -0.2) is 77.8 Å². The number of hydrogen-bond donors (Lipinski definition) is 0. The van der Waals surface area contributed by atoms with E-state index >= 15 is 0 Å². The molecule has 2 aliphatic heterocycles. The Kier molecular flexibility index (Phi) is 7.38. The molecule has 0 aliphatic carbocycles. The summed E-state index contributed by atoms with van der Waals surface area (Å²) in [5.41, 5.74) is 0. The zero-order valence-corrected chi connectivity index (χ0v) is 16.8. The summed E-state index contributed by atoms with van der Waals surface area (Å²) in [6.07, 6.45) is 4.02. The van der Waals surface area contributed by atoms with Gasteiger partial charge in [0, 0.05) is 52.6 Å². The smallest absolute Gasteiger partial charge is 0.252 e. The van der Waals surface area contributed by atoms with Gasteiger partial charge < -0.3 is 23.8 Å². The van der Waals surface area contributed by atoms with Gasteiger partial charge in [-0.2, -0.15) is 4.98 Å². The second kappa shape index (κ2) is 9.97. The number of rotatable bonds is 7. The van der Waals surface area contributed by atoms with Crippen LogP contribution in [0.15, 0.2) is 4.52 Å². The summed E-state index contributed by atoms with van der Waals surface area (Å²) in [5, 5.41) is 3.90. The molecule has 1 aromatic rings. The maximum atomic E-state index is 12.9. The molecule has 1 atom stereocenters. The summed E-state index contributed by atoms with van der Waals surface area (Å²) in [4.78, 5) is 32.3. The first-order valence-electron chi connectivity index (χ1n) is 10.0. The Morgan fingerprint density at radius 1 is 1.18 bits per heavy atom. The lowest BCUT2D eigenvalue weighted by Crippen LogP contribution is -2.48. The minimum absolute atomic E-state index is 0.0212. The first kappa shape index (κ1) is 20.7. The van der Waals surface area contributed by atoms with Crippen LogP contribution in [0.4, 0.5) is 0 Å². The van der Waals surface area contributed by atoms with Crippen molar-refractivity contribution in [3.63, 3.8) is 0 Å². The Hall–Kier alpha value is -2.00. The molecule has 0 N–H and O–H groups in total. The molecule has 1 aromatic heterocycles. The SMILES string of the molecule is COCc1nc(CCOC2CCCN(C(=O)C3CCN(C(C)=O)CC3)C2)no1. The average molecular weight is 394 g/mol. The number of carbonyl (C=O) groups is 2. The van der Waals surface area contributed by atoms with Crippen LogP contribution in [-0.2, 0) is 32.1 Å². The van der Waals surface area contributed by atoms with Crippen molar-refractivity contribution in [2.24, 2.45) is 5.92 Å². The van der Waals surface area contributed by atoms with Crippen LogP contribution in [0.1, 0.15) is 44.3 Å². The van der Waals surface area contributed by atoms with E-state index in [0.717, 1.165) is 32.2 Å². The molecule has 0 spiro atoms. The van der Waals surface area contributed by atoms with Crippen molar-refractivity contribution in [3.05, 3.63) is 11.7 Å². The van der Waals surface area contributed by atoms with Crippen LogP contribution < -0.4 is 0 Å². The van der Waals surface area contributed by atoms with Crippen LogP contribution in [0, 0.1) is 5.92 Å². The largest absolute Gasteiger partial charge is 0.376 e. The zero-order valence-electron chi connectivity index (χ0n) is 16.8. The zero-order chi connectivity index (χ0) is 19.9. The quantitative estimate of drug-likeness (QED) is 0.681. The third-order valence-electron chi connectivity index (χ3n) is 5.44. The lowest BCUT2D eigenvalue weighted by atomic mass is 9.94. The van der Waals surface area contributed by atoms with E-state index in [-0.39, 0.29) is 23.8 Å². The predicted octanol–water partition coefficient (Wildman–Crippen LogP) is 1.02. The number of methoxy groups -OCH3 is 1. The van der Waals surface area contributed by atoms with Crippen LogP contribution in [0.2, 0.25) is 0 Å². The second-order valence-corrected chi connectivity index (χ2v) is 7.49. The molecule has 0 radical (unpaired) electrons. The highest BCUT2D eigenvalue weighted by Gasteiger charge is 2.32. The number of amides is 2. The summed E-state index contributed by atoms with van der Waals surface area (Å²) in [6.45, 7) is 5.16. The van der Waals surface area contributed by atoms with Gasteiger partial charge in [0.15, 0.2) is 5.82 Å². The van der Waals surface area contributed by atoms with Crippen LogP contribution >= 0.6 is 0 Å². The molecule has 156 valence electrons. The van der Waals surface area contributed by atoms with E-state index in [2.05, 4.69) is 10.1 Å². The van der Waals surface area contributed by atoms with Gasteiger partial charge in [-0.25, -0.2) is 0 Å². The fraction of sp³-hybridized carbons (Fsp3) is 0.789. The maximum Gasteiger partial charge on any atom is 0.252 e. The van der Waals surface area contributed by atoms with E-state index in [9.17, 15) is 9.59 Å². The summed E-state index contributed by atoms with van der Waals surface area (Å²) in [7, 11) is 1.58. The van der Waals surface area contributed by atoms with Gasteiger partial charge in [0.2, 0.25) is 11.8 Å². The normalized spacial score (nSPS) is 21.1. The minimum Gasteiger partial charge on any atom is -0.376 e. The molecule has 9 heteroatoms. The number of nitrogens with zero attached hydrogens (tertiary/aromatic N) is 4. The van der Waals surface area contributed by atoms with Crippen LogP contribution in [0.5, 0.6) is 0 Å². The molecule has 2 saturated heterocycles. The fourth-order valence-electron chi connectivity index (χ4n) is 3.86. The maximum absolute atomic E-state index is 12.9. The van der Waals surface area contributed by atoms with Gasteiger partial charge in [0.1, 0.15) is 6.61 Å². The van der Waals surface area contributed by atoms with E-state index in [1.54, 1.807) is 14.0 Å². The number of hydrogen-bond acceptors (Lipinski definition) is 7.